The number of benzene rings is 2. The fourth-order valence-corrected chi connectivity index (χ4v) is 3.82. The van der Waals surface area contributed by atoms with Crippen LogP contribution >= 0.6 is 0 Å². The van der Waals surface area contributed by atoms with Crippen molar-refractivity contribution in [3.63, 3.8) is 0 Å². The van der Waals surface area contributed by atoms with Gasteiger partial charge < -0.3 is 0 Å². The van der Waals surface area contributed by atoms with Gasteiger partial charge in [0, 0.05) is 24.7 Å². The Hall–Kier alpha value is -2.74. The average Bonchev–Trinajstić information content (AvgIpc) is 3.06. The van der Waals surface area contributed by atoms with Crippen LogP contribution in [-0.4, -0.2) is 11.6 Å². The van der Waals surface area contributed by atoms with Crippen LogP contribution in [-0.2, 0) is 9.59 Å². The molecule has 24 heavy (non-hydrogen) atoms. The summed E-state index contributed by atoms with van der Waals surface area (Å²) >= 11 is 0. The highest BCUT2D eigenvalue weighted by Crippen LogP contribution is 2.48. The fourth-order valence-electron chi connectivity index (χ4n) is 3.82. The highest BCUT2D eigenvalue weighted by Gasteiger charge is 2.47. The molecule has 0 aliphatic heterocycles. The van der Waals surface area contributed by atoms with E-state index in [9.17, 15) is 9.59 Å². The zero-order chi connectivity index (χ0) is 16.5. The molecular formula is C22H18O2. The Kier molecular flexibility index (Phi) is 3.73. The number of ketones is 2. The van der Waals surface area contributed by atoms with Crippen LogP contribution in [0.1, 0.15) is 24.0 Å². The molecule has 0 N–H and O–H groups in total. The van der Waals surface area contributed by atoms with E-state index in [4.69, 9.17) is 0 Å². The lowest BCUT2D eigenvalue weighted by Gasteiger charge is -2.09. The molecule has 0 saturated heterocycles. The number of Topliss-reactive ketones (excluding diaryl/α,β-unsaturated/α-hetero) is 2. The van der Waals surface area contributed by atoms with Gasteiger partial charge in [0.05, 0.1) is 0 Å². The van der Waals surface area contributed by atoms with Gasteiger partial charge >= 0.3 is 0 Å². The van der Waals surface area contributed by atoms with Crippen LogP contribution in [0.15, 0.2) is 71.8 Å². The Morgan fingerprint density at radius 2 is 1.00 bits per heavy atom. The second-order valence-corrected chi connectivity index (χ2v) is 6.49. The topological polar surface area (TPSA) is 34.1 Å². The van der Waals surface area contributed by atoms with Crippen LogP contribution in [0.3, 0.4) is 0 Å². The lowest BCUT2D eigenvalue weighted by atomic mass is 9.93. The molecule has 2 nitrogen and oxygen atoms in total. The maximum absolute atomic E-state index is 12.5. The first kappa shape index (κ1) is 14.8. The second-order valence-electron chi connectivity index (χ2n) is 6.49. The van der Waals surface area contributed by atoms with E-state index in [1.165, 1.54) is 0 Å². The van der Waals surface area contributed by atoms with Crippen molar-refractivity contribution in [1.29, 1.82) is 0 Å². The summed E-state index contributed by atoms with van der Waals surface area (Å²) < 4.78 is 0. The summed E-state index contributed by atoms with van der Waals surface area (Å²) in [5.74, 6) is 0.445. The first-order valence-corrected chi connectivity index (χ1v) is 8.32. The maximum Gasteiger partial charge on any atom is 0.159 e. The van der Waals surface area contributed by atoms with Crippen molar-refractivity contribution in [2.45, 2.75) is 12.8 Å². The van der Waals surface area contributed by atoms with Gasteiger partial charge in [-0.1, -0.05) is 60.7 Å². The van der Waals surface area contributed by atoms with Crippen LogP contribution in [0.4, 0.5) is 0 Å². The Labute approximate surface area is 141 Å². The molecule has 0 amide bonds. The number of carbonyl (C=O) groups is 2. The first-order valence-electron chi connectivity index (χ1n) is 8.32. The molecule has 2 aliphatic rings. The highest BCUT2D eigenvalue weighted by atomic mass is 16.1. The van der Waals surface area contributed by atoms with Gasteiger partial charge in [-0.15, -0.1) is 0 Å². The van der Waals surface area contributed by atoms with Crippen molar-refractivity contribution in [3.8, 4) is 0 Å². The van der Waals surface area contributed by atoms with Gasteiger partial charge in [0.2, 0.25) is 0 Å². The van der Waals surface area contributed by atoms with Gasteiger partial charge in [-0.25, -0.2) is 0 Å². The van der Waals surface area contributed by atoms with Gasteiger partial charge in [0.15, 0.2) is 11.6 Å². The smallest absolute Gasteiger partial charge is 0.159 e. The Morgan fingerprint density at radius 1 is 0.625 bits per heavy atom. The summed E-state index contributed by atoms with van der Waals surface area (Å²) in [6.45, 7) is 0. The lowest BCUT2D eigenvalue weighted by Crippen LogP contribution is -2.03. The fraction of sp³-hybridized carbons (Fsp3) is 0.182. The summed E-state index contributed by atoms with van der Waals surface area (Å²) in [7, 11) is 0. The van der Waals surface area contributed by atoms with Crippen molar-refractivity contribution in [2.75, 3.05) is 0 Å². The summed E-state index contributed by atoms with van der Waals surface area (Å²) in [4.78, 5) is 25.0. The minimum absolute atomic E-state index is 0.0418. The molecule has 0 bridgehead atoms. The van der Waals surface area contributed by atoms with Gasteiger partial charge in [-0.3, -0.25) is 9.59 Å². The van der Waals surface area contributed by atoms with Crippen molar-refractivity contribution >= 4 is 23.7 Å². The van der Waals surface area contributed by atoms with E-state index in [1.807, 2.05) is 72.8 Å². The van der Waals surface area contributed by atoms with Crippen LogP contribution in [0.5, 0.6) is 0 Å². The predicted molar refractivity (Wildman–Crippen MR) is 95.1 cm³/mol. The Bertz CT molecular complexity index is 771. The largest absolute Gasteiger partial charge is 0.295 e. The number of rotatable bonds is 2. The summed E-state index contributed by atoms with van der Waals surface area (Å²) in [6.07, 6.45) is 4.83. The molecule has 2 aromatic carbocycles. The Balaban J connectivity index is 1.69. The summed E-state index contributed by atoms with van der Waals surface area (Å²) in [5, 5.41) is 0. The SMILES string of the molecule is O=C1CC2C(=Cc3ccccc3)C(=O)CC2C1=Cc1ccccc1. The number of allylic oxidation sites excluding steroid dienone is 2. The van der Waals surface area contributed by atoms with Crippen LogP contribution in [0.2, 0.25) is 0 Å². The maximum atomic E-state index is 12.5. The molecule has 2 atom stereocenters. The van der Waals surface area contributed by atoms with Gasteiger partial charge in [0.1, 0.15) is 0 Å². The molecule has 4 rings (SSSR count). The zero-order valence-corrected chi connectivity index (χ0v) is 13.3. The number of hydrogen-bond acceptors (Lipinski definition) is 2. The van der Waals surface area contributed by atoms with Crippen molar-refractivity contribution < 1.29 is 9.59 Å². The normalized spacial score (nSPS) is 26.3. The van der Waals surface area contributed by atoms with Crippen molar-refractivity contribution in [2.24, 2.45) is 11.8 Å². The van der Waals surface area contributed by atoms with Crippen molar-refractivity contribution in [3.05, 3.63) is 82.9 Å². The first-order chi connectivity index (χ1) is 11.7. The molecule has 0 radical (unpaired) electrons. The average molecular weight is 314 g/mol. The molecule has 2 heteroatoms. The number of fused-ring (bicyclic) bond motifs is 1. The molecule has 2 unspecified atom stereocenters. The van der Waals surface area contributed by atoms with E-state index in [1.54, 1.807) is 0 Å². The highest BCUT2D eigenvalue weighted by molar-refractivity contribution is 6.11. The van der Waals surface area contributed by atoms with E-state index < -0.39 is 0 Å². The molecule has 0 aromatic heterocycles. The standard InChI is InChI=1S/C22H18O2/c23-21-14-18-17(19(21)11-15-7-3-1-4-8-15)13-22(24)20(18)12-16-9-5-2-6-10-16/h1-12,17-18H,13-14H2. The van der Waals surface area contributed by atoms with Gasteiger partial charge in [0.25, 0.3) is 0 Å². The van der Waals surface area contributed by atoms with E-state index in [-0.39, 0.29) is 23.4 Å². The Morgan fingerprint density at radius 3 is 1.38 bits per heavy atom. The minimum Gasteiger partial charge on any atom is -0.295 e. The van der Waals surface area contributed by atoms with Gasteiger partial charge in [-0.2, -0.15) is 0 Å². The molecule has 2 fully saturated rings. The third-order valence-electron chi connectivity index (χ3n) is 4.98. The third-order valence-corrected chi connectivity index (χ3v) is 4.98. The van der Waals surface area contributed by atoms with E-state index in [0.717, 1.165) is 22.3 Å². The molecule has 2 saturated carbocycles. The quantitative estimate of drug-likeness (QED) is 0.773. The summed E-state index contributed by atoms with van der Waals surface area (Å²) in [5.41, 5.74) is 3.68. The monoisotopic (exact) mass is 314 g/mol. The second kappa shape index (κ2) is 6.04. The molecule has 2 aromatic rings. The predicted octanol–water partition coefficient (Wildman–Crippen LogP) is 4.33. The molecule has 2 aliphatic carbocycles. The van der Waals surface area contributed by atoms with Crippen LogP contribution in [0, 0.1) is 11.8 Å². The van der Waals surface area contributed by atoms with E-state index >= 15 is 0 Å². The molecule has 0 heterocycles. The minimum atomic E-state index is 0.0418. The van der Waals surface area contributed by atoms with Crippen LogP contribution in [0.25, 0.3) is 12.2 Å². The molecule has 118 valence electrons. The molecule has 0 spiro atoms. The molecular weight excluding hydrogens is 296 g/mol. The third kappa shape index (κ3) is 2.65. The van der Waals surface area contributed by atoms with E-state index in [0.29, 0.717) is 12.8 Å². The lowest BCUT2D eigenvalue weighted by molar-refractivity contribution is -0.115. The van der Waals surface area contributed by atoms with Crippen molar-refractivity contribution in [1.82, 2.24) is 0 Å². The van der Waals surface area contributed by atoms with Gasteiger partial charge in [-0.05, 0) is 34.4 Å². The van der Waals surface area contributed by atoms with E-state index in [2.05, 4.69) is 0 Å². The number of carbonyl (C=O) groups excluding carboxylic acids is 2. The zero-order valence-electron chi connectivity index (χ0n) is 13.3. The van der Waals surface area contributed by atoms with Crippen LogP contribution < -0.4 is 0 Å². The summed E-state index contributed by atoms with van der Waals surface area (Å²) in [6, 6.07) is 19.7. The number of hydrogen-bond donors (Lipinski definition) is 0.